The second-order valence-electron chi connectivity index (χ2n) is 8.29. The molecule has 162 valence electrons. The highest BCUT2D eigenvalue weighted by Gasteiger charge is 2.13. The zero-order valence-corrected chi connectivity index (χ0v) is 18.8. The number of rotatable bonds is 5. The van der Waals surface area contributed by atoms with Gasteiger partial charge in [0.2, 0.25) is 0 Å². The molecule has 0 aromatic heterocycles. The first-order chi connectivity index (χ1) is 15.0. The minimum absolute atomic E-state index is 0. The molecule has 0 spiro atoms. The van der Waals surface area contributed by atoms with Crippen molar-refractivity contribution in [3.8, 4) is 0 Å². The molecule has 4 aromatic rings. The highest BCUT2D eigenvalue weighted by atomic mass is 15.1. The molecule has 0 heterocycles. The number of hydrogen-bond acceptors (Lipinski definition) is 1. The van der Waals surface area contributed by atoms with Gasteiger partial charge < -0.3 is 4.90 Å². The van der Waals surface area contributed by atoms with Crippen LogP contribution in [0.25, 0.3) is 12.2 Å². The van der Waals surface area contributed by atoms with E-state index in [4.69, 9.17) is 0 Å². The van der Waals surface area contributed by atoms with Crippen LogP contribution in [-0.4, -0.2) is 0 Å². The fourth-order valence-electron chi connectivity index (χ4n) is 3.68. The van der Waals surface area contributed by atoms with Crippen molar-refractivity contribution >= 4 is 29.2 Å². The molecule has 0 saturated heterocycles. The van der Waals surface area contributed by atoms with Crippen LogP contribution in [0.2, 0.25) is 0 Å². The molecule has 0 unspecified atom stereocenters. The van der Waals surface area contributed by atoms with E-state index in [1.807, 2.05) is 0 Å². The summed E-state index contributed by atoms with van der Waals surface area (Å²) in [6.45, 7) is 8.55. The SMILES string of the molecule is C.Cc1ccc(/C=C/c2ccc(N(c3ccc(C)cc3)c3ccc(C)cc3)cc2C)cc1. The fourth-order valence-corrected chi connectivity index (χ4v) is 3.68. The summed E-state index contributed by atoms with van der Waals surface area (Å²) in [5, 5.41) is 0. The Morgan fingerprint density at radius 3 is 1.41 bits per heavy atom. The summed E-state index contributed by atoms with van der Waals surface area (Å²) >= 11 is 0. The van der Waals surface area contributed by atoms with E-state index in [1.54, 1.807) is 0 Å². The smallest absolute Gasteiger partial charge is 0.0464 e. The minimum atomic E-state index is 0. The predicted molar refractivity (Wildman–Crippen MR) is 142 cm³/mol. The third-order valence-corrected chi connectivity index (χ3v) is 5.63. The van der Waals surface area contributed by atoms with E-state index in [2.05, 4.69) is 136 Å². The van der Waals surface area contributed by atoms with E-state index in [1.165, 1.54) is 33.4 Å². The van der Waals surface area contributed by atoms with Gasteiger partial charge in [0.1, 0.15) is 0 Å². The van der Waals surface area contributed by atoms with Gasteiger partial charge in [0.25, 0.3) is 0 Å². The highest BCUT2D eigenvalue weighted by Crippen LogP contribution is 2.35. The van der Waals surface area contributed by atoms with Crippen LogP contribution < -0.4 is 4.90 Å². The quantitative estimate of drug-likeness (QED) is 0.291. The van der Waals surface area contributed by atoms with Crippen molar-refractivity contribution < 1.29 is 0 Å². The van der Waals surface area contributed by atoms with Crippen LogP contribution in [0.4, 0.5) is 17.1 Å². The second-order valence-corrected chi connectivity index (χ2v) is 8.29. The van der Waals surface area contributed by atoms with Crippen molar-refractivity contribution in [2.24, 2.45) is 0 Å². The van der Waals surface area contributed by atoms with Gasteiger partial charge in [0, 0.05) is 17.1 Å². The minimum Gasteiger partial charge on any atom is -0.310 e. The lowest BCUT2D eigenvalue weighted by atomic mass is 10.0. The standard InChI is InChI=1S/C30H29N.CH4/c1-22-5-11-26(12-6-22)13-14-27-15-20-30(21-25(27)4)31(28-16-7-23(2)8-17-28)29-18-9-24(3)10-19-29;/h5-21H,1-4H3;1H4/b14-13+;. The predicted octanol–water partition coefficient (Wildman–Crippen LogP) is 9.20. The molecule has 0 aliphatic heterocycles. The summed E-state index contributed by atoms with van der Waals surface area (Å²) < 4.78 is 0. The Balaban J connectivity index is 0.00000289. The molecule has 0 amide bonds. The molecule has 4 rings (SSSR count). The monoisotopic (exact) mass is 419 g/mol. The first-order valence-electron chi connectivity index (χ1n) is 10.8. The summed E-state index contributed by atoms with van der Waals surface area (Å²) in [7, 11) is 0. The molecule has 32 heavy (non-hydrogen) atoms. The lowest BCUT2D eigenvalue weighted by Crippen LogP contribution is -2.10. The maximum absolute atomic E-state index is 2.32. The average Bonchev–Trinajstić information content (AvgIpc) is 2.77. The van der Waals surface area contributed by atoms with E-state index in [-0.39, 0.29) is 7.43 Å². The third kappa shape index (κ3) is 5.36. The molecule has 0 atom stereocenters. The van der Waals surface area contributed by atoms with Crippen LogP contribution in [0.15, 0.2) is 91.0 Å². The van der Waals surface area contributed by atoms with Crippen LogP contribution in [-0.2, 0) is 0 Å². The Hall–Kier alpha value is -3.58. The van der Waals surface area contributed by atoms with Crippen molar-refractivity contribution in [2.45, 2.75) is 35.1 Å². The van der Waals surface area contributed by atoms with Gasteiger partial charge in [-0.1, -0.05) is 90.9 Å². The van der Waals surface area contributed by atoms with E-state index in [0.29, 0.717) is 0 Å². The maximum atomic E-state index is 2.32. The fraction of sp³-hybridized carbons (Fsp3) is 0.161. The number of hydrogen-bond donors (Lipinski definition) is 0. The van der Waals surface area contributed by atoms with Crippen molar-refractivity contribution in [1.29, 1.82) is 0 Å². The largest absolute Gasteiger partial charge is 0.310 e. The lowest BCUT2D eigenvalue weighted by molar-refractivity contribution is 1.25. The molecule has 0 bridgehead atoms. The molecule has 1 heteroatoms. The van der Waals surface area contributed by atoms with Gasteiger partial charge in [0.15, 0.2) is 0 Å². The summed E-state index contributed by atoms with van der Waals surface area (Å²) in [4.78, 5) is 2.32. The maximum Gasteiger partial charge on any atom is 0.0464 e. The summed E-state index contributed by atoms with van der Waals surface area (Å²) in [6, 6.07) is 32.7. The summed E-state index contributed by atoms with van der Waals surface area (Å²) in [5.74, 6) is 0. The van der Waals surface area contributed by atoms with Crippen molar-refractivity contribution in [3.63, 3.8) is 0 Å². The average molecular weight is 420 g/mol. The molecule has 0 radical (unpaired) electrons. The first kappa shape index (κ1) is 23.1. The number of anilines is 3. The molecule has 0 aliphatic rings. The Morgan fingerprint density at radius 1 is 0.500 bits per heavy atom. The number of benzene rings is 4. The van der Waals surface area contributed by atoms with Gasteiger partial charge in [-0.25, -0.2) is 0 Å². The van der Waals surface area contributed by atoms with Crippen LogP contribution in [0, 0.1) is 27.7 Å². The second kappa shape index (κ2) is 10.2. The van der Waals surface area contributed by atoms with Crippen molar-refractivity contribution in [1.82, 2.24) is 0 Å². The number of aryl methyl sites for hydroxylation is 4. The van der Waals surface area contributed by atoms with Crippen molar-refractivity contribution in [2.75, 3.05) is 4.90 Å². The first-order valence-corrected chi connectivity index (χ1v) is 10.8. The normalized spacial score (nSPS) is 10.8. The van der Waals surface area contributed by atoms with Gasteiger partial charge in [0.05, 0.1) is 0 Å². The number of nitrogens with zero attached hydrogens (tertiary/aromatic N) is 1. The molecule has 4 aromatic carbocycles. The molecular weight excluding hydrogens is 386 g/mol. The zero-order valence-electron chi connectivity index (χ0n) is 18.8. The van der Waals surface area contributed by atoms with Gasteiger partial charge in [-0.05, 0) is 80.8 Å². The highest BCUT2D eigenvalue weighted by molar-refractivity contribution is 5.79. The van der Waals surface area contributed by atoms with E-state index >= 15 is 0 Å². The van der Waals surface area contributed by atoms with E-state index < -0.39 is 0 Å². The summed E-state index contributed by atoms with van der Waals surface area (Å²) in [5.41, 5.74) is 11.0. The van der Waals surface area contributed by atoms with E-state index in [0.717, 1.165) is 17.1 Å². The molecule has 0 saturated carbocycles. The Labute approximate surface area is 193 Å². The lowest BCUT2D eigenvalue weighted by Gasteiger charge is -2.26. The Kier molecular flexibility index (Phi) is 7.33. The van der Waals surface area contributed by atoms with Gasteiger partial charge >= 0.3 is 0 Å². The van der Waals surface area contributed by atoms with E-state index in [9.17, 15) is 0 Å². The van der Waals surface area contributed by atoms with Crippen LogP contribution >= 0.6 is 0 Å². The van der Waals surface area contributed by atoms with Crippen LogP contribution in [0.3, 0.4) is 0 Å². The molecule has 0 N–H and O–H groups in total. The van der Waals surface area contributed by atoms with Gasteiger partial charge in [-0.2, -0.15) is 0 Å². The zero-order chi connectivity index (χ0) is 21.8. The molecular formula is C31H33N. The molecule has 1 nitrogen and oxygen atoms in total. The van der Waals surface area contributed by atoms with Crippen LogP contribution in [0.5, 0.6) is 0 Å². The van der Waals surface area contributed by atoms with Crippen molar-refractivity contribution in [3.05, 3.63) is 124 Å². The molecule has 0 aliphatic carbocycles. The van der Waals surface area contributed by atoms with Crippen LogP contribution in [0.1, 0.15) is 40.8 Å². The third-order valence-electron chi connectivity index (χ3n) is 5.63. The molecule has 0 fully saturated rings. The Bertz CT molecular complexity index is 1140. The summed E-state index contributed by atoms with van der Waals surface area (Å²) in [6.07, 6.45) is 4.38. The topological polar surface area (TPSA) is 3.24 Å². The Morgan fingerprint density at radius 2 is 0.938 bits per heavy atom. The van der Waals surface area contributed by atoms with Gasteiger partial charge in [-0.15, -0.1) is 0 Å². The van der Waals surface area contributed by atoms with Gasteiger partial charge in [-0.3, -0.25) is 0 Å².